The number of ketones is 1. The summed E-state index contributed by atoms with van der Waals surface area (Å²) in [6, 6.07) is 9.17. The topological polar surface area (TPSA) is 40.9 Å². The molecule has 78 valence electrons. The lowest BCUT2D eigenvalue weighted by atomic mass is 9.95. The van der Waals surface area contributed by atoms with Crippen LogP contribution in [-0.2, 0) is 0 Å². The number of rotatable bonds is 4. The molecule has 0 fully saturated rings. The Kier molecular flexibility index (Phi) is 4.51. The standard InChI is InChI=1S/C12H12BrNO/c1-2-3-10(8-14)12(15)9-4-6-11(13)7-5-9/h4-7,10H,2-3H2,1H3. The van der Waals surface area contributed by atoms with Crippen LogP contribution >= 0.6 is 15.9 Å². The van der Waals surface area contributed by atoms with Crippen molar-refractivity contribution in [2.45, 2.75) is 19.8 Å². The van der Waals surface area contributed by atoms with Crippen molar-refractivity contribution in [3.63, 3.8) is 0 Å². The molecule has 0 aliphatic heterocycles. The number of halogens is 1. The Labute approximate surface area is 98.0 Å². The smallest absolute Gasteiger partial charge is 0.179 e. The van der Waals surface area contributed by atoms with Crippen molar-refractivity contribution in [2.24, 2.45) is 5.92 Å². The molecule has 0 saturated heterocycles. The van der Waals surface area contributed by atoms with Crippen molar-refractivity contribution in [3.8, 4) is 6.07 Å². The fourth-order valence-electron chi connectivity index (χ4n) is 1.36. The predicted molar refractivity (Wildman–Crippen MR) is 62.5 cm³/mol. The second-order valence-electron chi connectivity index (χ2n) is 3.34. The van der Waals surface area contributed by atoms with E-state index in [1.807, 2.05) is 19.1 Å². The third kappa shape index (κ3) is 3.17. The molecule has 0 bridgehead atoms. The van der Waals surface area contributed by atoms with Gasteiger partial charge in [-0.2, -0.15) is 5.26 Å². The molecule has 1 rings (SSSR count). The Hall–Kier alpha value is -1.14. The SMILES string of the molecule is CCCC(C#N)C(=O)c1ccc(Br)cc1. The highest BCUT2D eigenvalue weighted by Crippen LogP contribution is 2.16. The number of carbonyl (C=O) groups excluding carboxylic acids is 1. The van der Waals surface area contributed by atoms with Crippen molar-refractivity contribution in [1.82, 2.24) is 0 Å². The first-order valence-electron chi connectivity index (χ1n) is 4.88. The van der Waals surface area contributed by atoms with Gasteiger partial charge in [0, 0.05) is 10.0 Å². The van der Waals surface area contributed by atoms with Crippen molar-refractivity contribution in [2.75, 3.05) is 0 Å². The first kappa shape index (κ1) is 11.9. The van der Waals surface area contributed by atoms with Crippen LogP contribution in [0.4, 0.5) is 0 Å². The molecule has 0 spiro atoms. The summed E-state index contributed by atoms with van der Waals surface area (Å²) in [5.74, 6) is -0.581. The summed E-state index contributed by atoms with van der Waals surface area (Å²) in [4.78, 5) is 11.8. The Morgan fingerprint density at radius 1 is 1.47 bits per heavy atom. The molecule has 0 radical (unpaired) electrons. The summed E-state index contributed by atoms with van der Waals surface area (Å²) < 4.78 is 0.933. The second-order valence-corrected chi connectivity index (χ2v) is 4.26. The molecule has 3 heteroatoms. The first-order chi connectivity index (χ1) is 7.19. The van der Waals surface area contributed by atoms with Gasteiger partial charge in [-0.1, -0.05) is 41.4 Å². The van der Waals surface area contributed by atoms with E-state index in [0.29, 0.717) is 12.0 Å². The molecule has 0 N–H and O–H groups in total. The van der Waals surface area contributed by atoms with Crippen LogP contribution < -0.4 is 0 Å². The van der Waals surface area contributed by atoms with Crippen molar-refractivity contribution in [1.29, 1.82) is 5.26 Å². The maximum absolute atomic E-state index is 11.8. The summed E-state index contributed by atoms with van der Waals surface area (Å²) >= 11 is 3.30. The molecule has 0 heterocycles. The van der Waals surface area contributed by atoms with E-state index in [4.69, 9.17) is 5.26 Å². The minimum atomic E-state index is -0.504. The minimum absolute atomic E-state index is 0.0770. The summed E-state index contributed by atoms with van der Waals surface area (Å²) in [7, 11) is 0. The van der Waals surface area contributed by atoms with Crippen molar-refractivity contribution < 1.29 is 4.79 Å². The Balaban J connectivity index is 2.84. The number of nitriles is 1. The minimum Gasteiger partial charge on any atom is -0.293 e. The van der Waals surface area contributed by atoms with Gasteiger partial charge in [0.15, 0.2) is 5.78 Å². The fraction of sp³-hybridized carbons (Fsp3) is 0.333. The Morgan fingerprint density at radius 3 is 2.53 bits per heavy atom. The molecule has 0 aromatic heterocycles. The molecular weight excluding hydrogens is 254 g/mol. The lowest BCUT2D eigenvalue weighted by Crippen LogP contribution is -2.12. The second kappa shape index (κ2) is 5.67. The number of hydrogen-bond donors (Lipinski definition) is 0. The summed E-state index contributed by atoms with van der Waals surface area (Å²) in [6.45, 7) is 1.97. The van der Waals surface area contributed by atoms with Crippen LogP contribution in [0.15, 0.2) is 28.7 Å². The quantitative estimate of drug-likeness (QED) is 0.781. The van der Waals surface area contributed by atoms with Crippen molar-refractivity contribution in [3.05, 3.63) is 34.3 Å². The molecule has 15 heavy (non-hydrogen) atoms. The van der Waals surface area contributed by atoms with Crippen LogP contribution in [0.25, 0.3) is 0 Å². The maximum atomic E-state index is 11.8. The molecule has 0 amide bonds. The van der Waals surface area contributed by atoms with Crippen LogP contribution in [0, 0.1) is 17.2 Å². The lowest BCUT2D eigenvalue weighted by Gasteiger charge is -2.06. The van der Waals surface area contributed by atoms with Gasteiger partial charge in [-0.05, 0) is 18.6 Å². The van der Waals surface area contributed by atoms with Gasteiger partial charge in [-0.15, -0.1) is 0 Å². The third-order valence-electron chi connectivity index (χ3n) is 2.18. The van der Waals surface area contributed by atoms with E-state index in [1.165, 1.54) is 0 Å². The molecule has 1 aromatic carbocycles. The van der Waals surface area contributed by atoms with E-state index < -0.39 is 5.92 Å². The maximum Gasteiger partial charge on any atom is 0.179 e. The average Bonchev–Trinajstić information content (AvgIpc) is 2.26. The largest absolute Gasteiger partial charge is 0.293 e. The predicted octanol–water partition coefficient (Wildman–Crippen LogP) is 3.57. The molecule has 1 unspecified atom stereocenters. The molecule has 1 aromatic rings. The highest BCUT2D eigenvalue weighted by molar-refractivity contribution is 9.10. The highest BCUT2D eigenvalue weighted by Gasteiger charge is 2.18. The number of carbonyl (C=O) groups is 1. The number of hydrogen-bond acceptors (Lipinski definition) is 2. The summed E-state index contributed by atoms with van der Waals surface area (Å²) in [6.07, 6.45) is 1.48. The molecule has 0 aliphatic rings. The van der Waals surface area contributed by atoms with Gasteiger partial charge in [0.05, 0.1) is 6.07 Å². The van der Waals surface area contributed by atoms with Gasteiger partial charge in [0.1, 0.15) is 5.92 Å². The number of nitrogens with zero attached hydrogens (tertiary/aromatic N) is 1. The average molecular weight is 266 g/mol. The molecule has 2 nitrogen and oxygen atoms in total. The van der Waals surface area contributed by atoms with Gasteiger partial charge in [0.2, 0.25) is 0 Å². The molecular formula is C12H12BrNO. The zero-order valence-corrected chi connectivity index (χ0v) is 10.1. The summed E-state index contributed by atoms with van der Waals surface area (Å²) in [5.41, 5.74) is 0.609. The van der Waals surface area contributed by atoms with Crippen LogP contribution in [0.5, 0.6) is 0 Å². The fourth-order valence-corrected chi connectivity index (χ4v) is 1.62. The van der Waals surface area contributed by atoms with Gasteiger partial charge in [-0.3, -0.25) is 4.79 Å². The Bertz CT molecular complexity index is 378. The molecule has 1 atom stereocenters. The Morgan fingerprint density at radius 2 is 2.07 bits per heavy atom. The molecule has 0 aliphatic carbocycles. The number of Topliss-reactive ketones (excluding diaryl/α,β-unsaturated/α-hetero) is 1. The van der Waals surface area contributed by atoms with Gasteiger partial charge in [-0.25, -0.2) is 0 Å². The van der Waals surface area contributed by atoms with E-state index in [2.05, 4.69) is 22.0 Å². The molecule has 0 saturated carbocycles. The van der Waals surface area contributed by atoms with Gasteiger partial charge in [0.25, 0.3) is 0 Å². The zero-order valence-electron chi connectivity index (χ0n) is 8.53. The van der Waals surface area contributed by atoms with Crippen LogP contribution in [0.1, 0.15) is 30.1 Å². The van der Waals surface area contributed by atoms with Crippen LogP contribution in [0.3, 0.4) is 0 Å². The van der Waals surface area contributed by atoms with E-state index >= 15 is 0 Å². The third-order valence-corrected chi connectivity index (χ3v) is 2.71. The van der Waals surface area contributed by atoms with Gasteiger partial charge >= 0.3 is 0 Å². The van der Waals surface area contributed by atoms with E-state index in [-0.39, 0.29) is 5.78 Å². The normalized spacial score (nSPS) is 11.8. The van der Waals surface area contributed by atoms with Crippen LogP contribution in [-0.4, -0.2) is 5.78 Å². The van der Waals surface area contributed by atoms with Crippen LogP contribution in [0.2, 0.25) is 0 Å². The van der Waals surface area contributed by atoms with E-state index in [0.717, 1.165) is 10.9 Å². The summed E-state index contributed by atoms with van der Waals surface area (Å²) in [5, 5.41) is 8.86. The number of benzene rings is 1. The monoisotopic (exact) mass is 265 g/mol. The lowest BCUT2D eigenvalue weighted by molar-refractivity contribution is 0.0943. The highest BCUT2D eigenvalue weighted by atomic mass is 79.9. The zero-order chi connectivity index (χ0) is 11.3. The van der Waals surface area contributed by atoms with E-state index in [9.17, 15) is 4.79 Å². The van der Waals surface area contributed by atoms with Gasteiger partial charge < -0.3 is 0 Å². The first-order valence-corrected chi connectivity index (χ1v) is 5.67. The van der Waals surface area contributed by atoms with Crippen molar-refractivity contribution >= 4 is 21.7 Å². The van der Waals surface area contributed by atoms with E-state index in [1.54, 1.807) is 12.1 Å².